The summed E-state index contributed by atoms with van der Waals surface area (Å²) in [6, 6.07) is 25.6. The molecule has 0 bridgehead atoms. The SMILES string of the molecule is C=CCN(C(=O)c1cc2cccc(OS(C)(=O)=O)c2n1Cc1ccccc1)C(c1ccccc1)C(OCC)OCC. The van der Waals surface area contributed by atoms with Crippen molar-refractivity contribution in [2.75, 3.05) is 26.0 Å². The molecule has 8 nitrogen and oxygen atoms in total. The van der Waals surface area contributed by atoms with Crippen LogP contribution in [0.3, 0.4) is 0 Å². The second-order valence-corrected chi connectivity index (χ2v) is 11.0. The van der Waals surface area contributed by atoms with Crippen molar-refractivity contribution < 1.29 is 26.9 Å². The van der Waals surface area contributed by atoms with E-state index in [1.54, 1.807) is 29.2 Å². The van der Waals surface area contributed by atoms with E-state index in [0.717, 1.165) is 17.4 Å². The van der Waals surface area contributed by atoms with Crippen LogP contribution in [0.25, 0.3) is 10.9 Å². The zero-order valence-electron chi connectivity index (χ0n) is 23.6. The van der Waals surface area contributed by atoms with E-state index in [9.17, 15) is 13.2 Å². The van der Waals surface area contributed by atoms with Crippen LogP contribution in [0.2, 0.25) is 0 Å². The predicted octanol–water partition coefficient (Wildman–Crippen LogP) is 5.80. The Morgan fingerprint density at radius 3 is 2.17 bits per heavy atom. The molecular weight excluding hydrogens is 540 g/mol. The molecule has 0 fully saturated rings. The van der Waals surface area contributed by atoms with Gasteiger partial charge in [0, 0.05) is 31.7 Å². The molecule has 0 radical (unpaired) electrons. The third-order valence-electron chi connectivity index (χ3n) is 6.51. The first-order valence-electron chi connectivity index (χ1n) is 13.5. The van der Waals surface area contributed by atoms with E-state index in [1.165, 1.54) is 0 Å². The van der Waals surface area contributed by atoms with Crippen molar-refractivity contribution in [2.45, 2.75) is 32.7 Å². The summed E-state index contributed by atoms with van der Waals surface area (Å²) in [5, 5.41) is 0.673. The average Bonchev–Trinajstić information content (AvgIpc) is 3.32. The summed E-state index contributed by atoms with van der Waals surface area (Å²) in [5.74, 6) is -0.142. The van der Waals surface area contributed by atoms with Gasteiger partial charge < -0.3 is 23.1 Å². The standard InChI is InChI=1S/C32H36N2O6S/c1-5-21-33(30(25-17-12-9-13-18-25)32(38-6-2)39-7-3)31(35)27-22-26-19-14-20-28(40-41(4,36)37)29(26)34(27)23-24-15-10-8-11-16-24/h5,8-20,22,30,32H,1,6-7,21,23H2,2-4H3. The second kappa shape index (κ2) is 13.6. The van der Waals surface area contributed by atoms with Crippen LogP contribution >= 0.6 is 0 Å². The van der Waals surface area contributed by atoms with Crippen LogP contribution in [0.1, 0.15) is 41.5 Å². The normalized spacial score (nSPS) is 12.4. The van der Waals surface area contributed by atoms with Crippen LogP contribution in [0, 0.1) is 0 Å². The van der Waals surface area contributed by atoms with Crippen LogP contribution < -0.4 is 4.18 Å². The number of fused-ring (bicyclic) bond motifs is 1. The summed E-state index contributed by atoms with van der Waals surface area (Å²) in [4.78, 5) is 16.3. The van der Waals surface area contributed by atoms with Gasteiger partial charge in [0.15, 0.2) is 12.0 Å². The summed E-state index contributed by atoms with van der Waals surface area (Å²) >= 11 is 0. The number of hydrogen-bond donors (Lipinski definition) is 0. The number of rotatable bonds is 14. The summed E-state index contributed by atoms with van der Waals surface area (Å²) in [7, 11) is -3.82. The maximum absolute atomic E-state index is 14.6. The van der Waals surface area contributed by atoms with E-state index < -0.39 is 22.4 Å². The zero-order valence-corrected chi connectivity index (χ0v) is 24.4. The predicted molar refractivity (Wildman–Crippen MR) is 160 cm³/mol. The van der Waals surface area contributed by atoms with Crippen LogP contribution in [-0.2, 0) is 26.1 Å². The van der Waals surface area contributed by atoms with E-state index in [1.807, 2.05) is 85.1 Å². The van der Waals surface area contributed by atoms with Gasteiger partial charge in [-0.2, -0.15) is 8.42 Å². The lowest BCUT2D eigenvalue weighted by molar-refractivity contribution is -0.170. The molecule has 1 atom stereocenters. The van der Waals surface area contributed by atoms with Gasteiger partial charge in [-0.1, -0.05) is 78.9 Å². The molecule has 1 amide bonds. The average molecular weight is 577 g/mol. The van der Waals surface area contributed by atoms with Crippen molar-refractivity contribution in [1.29, 1.82) is 0 Å². The Labute approximate surface area is 241 Å². The summed E-state index contributed by atoms with van der Waals surface area (Å²) in [5.41, 5.74) is 2.65. The molecule has 0 N–H and O–H groups in total. The van der Waals surface area contributed by atoms with Gasteiger partial charge in [-0.05, 0) is 37.1 Å². The smallest absolute Gasteiger partial charge is 0.306 e. The van der Waals surface area contributed by atoms with Crippen LogP contribution in [0.4, 0.5) is 0 Å². The van der Waals surface area contributed by atoms with Crippen molar-refractivity contribution in [3.63, 3.8) is 0 Å². The minimum absolute atomic E-state index is 0.149. The number of carbonyl (C=O) groups is 1. The number of carbonyl (C=O) groups excluding carboxylic acids is 1. The molecule has 9 heteroatoms. The Balaban J connectivity index is 1.92. The molecule has 0 spiro atoms. The lowest BCUT2D eigenvalue weighted by atomic mass is 10.0. The van der Waals surface area contributed by atoms with Gasteiger partial charge in [-0.3, -0.25) is 4.79 Å². The van der Waals surface area contributed by atoms with Gasteiger partial charge in [0.05, 0.1) is 11.8 Å². The molecule has 0 saturated heterocycles. The molecule has 1 aromatic heterocycles. The molecule has 0 aliphatic heterocycles. The first-order valence-corrected chi connectivity index (χ1v) is 15.3. The summed E-state index contributed by atoms with van der Waals surface area (Å²) in [6.07, 6.45) is 1.94. The van der Waals surface area contributed by atoms with Crippen molar-refractivity contribution in [1.82, 2.24) is 9.47 Å². The molecule has 1 unspecified atom stereocenters. The van der Waals surface area contributed by atoms with Gasteiger partial charge in [-0.15, -0.1) is 6.58 Å². The van der Waals surface area contributed by atoms with Crippen LogP contribution in [0.5, 0.6) is 5.75 Å². The molecule has 41 heavy (non-hydrogen) atoms. The van der Waals surface area contributed by atoms with Crippen molar-refractivity contribution in [2.24, 2.45) is 0 Å². The fraction of sp³-hybridized carbons (Fsp3) is 0.281. The van der Waals surface area contributed by atoms with Crippen LogP contribution in [0.15, 0.2) is 97.6 Å². The third kappa shape index (κ3) is 7.24. The molecular formula is C32H36N2O6S. The highest BCUT2D eigenvalue weighted by atomic mass is 32.2. The number of ether oxygens (including phenoxy) is 2. The van der Waals surface area contributed by atoms with Gasteiger partial charge in [0.2, 0.25) is 0 Å². The highest BCUT2D eigenvalue weighted by molar-refractivity contribution is 7.86. The number of aromatic nitrogens is 1. The number of amides is 1. The van der Waals surface area contributed by atoms with Gasteiger partial charge in [0.1, 0.15) is 11.7 Å². The monoisotopic (exact) mass is 576 g/mol. The van der Waals surface area contributed by atoms with Gasteiger partial charge in [-0.25, -0.2) is 0 Å². The van der Waals surface area contributed by atoms with Crippen molar-refractivity contribution in [3.05, 3.63) is 114 Å². The van der Waals surface area contributed by atoms with Crippen molar-refractivity contribution in [3.8, 4) is 5.75 Å². The number of benzene rings is 3. The highest BCUT2D eigenvalue weighted by Gasteiger charge is 2.35. The first-order chi connectivity index (χ1) is 19.8. The van der Waals surface area contributed by atoms with E-state index in [0.29, 0.717) is 36.4 Å². The maximum atomic E-state index is 14.6. The molecule has 3 aromatic carbocycles. The Kier molecular flexibility index (Phi) is 9.99. The number of para-hydroxylation sites is 1. The molecule has 4 rings (SSSR count). The van der Waals surface area contributed by atoms with E-state index in [-0.39, 0.29) is 18.2 Å². The molecule has 0 aliphatic carbocycles. The quantitative estimate of drug-likeness (QED) is 0.107. The fourth-order valence-electron chi connectivity index (χ4n) is 4.93. The maximum Gasteiger partial charge on any atom is 0.306 e. The number of hydrogen-bond acceptors (Lipinski definition) is 6. The Bertz CT molecular complexity index is 1560. The molecule has 1 heterocycles. The molecule has 4 aromatic rings. The van der Waals surface area contributed by atoms with Gasteiger partial charge in [0.25, 0.3) is 5.91 Å². The zero-order chi connectivity index (χ0) is 29.4. The first kappa shape index (κ1) is 30.0. The number of nitrogens with zero attached hydrogens (tertiary/aromatic N) is 2. The molecule has 216 valence electrons. The fourth-order valence-corrected chi connectivity index (χ4v) is 5.39. The minimum Gasteiger partial charge on any atom is -0.380 e. The molecule has 0 aliphatic rings. The minimum atomic E-state index is -3.82. The Morgan fingerprint density at radius 1 is 0.951 bits per heavy atom. The third-order valence-corrected chi connectivity index (χ3v) is 6.99. The van der Waals surface area contributed by atoms with E-state index in [4.69, 9.17) is 13.7 Å². The van der Waals surface area contributed by atoms with Crippen LogP contribution in [-0.4, -0.2) is 56.1 Å². The topological polar surface area (TPSA) is 87.1 Å². The largest absolute Gasteiger partial charge is 0.380 e. The van der Waals surface area contributed by atoms with E-state index in [2.05, 4.69) is 6.58 Å². The van der Waals surface area contributed by atoms with Crippen molar-refractivity contribution >= 4 is 26.9 Å². The second-order valence-electron chi connectivity index (χ2n) is 9.46. The lowest BCUT2D eigenvalue weighted by Gasteiger charge is -2.36. The summed E-state index contributed by atoms with van der Waals surface area (Å²) in [6.45, 7) is 9.01. The van der Waals surface area contributed by atoms with E-state index >= 15 is 0 Å². The lowest BCUT2D eigenvalue weighted by Crippen LogP contribution is -2.43. The highest BCUT2D eigenvalue weighted by Crippen LogP contribution is 2.34. The Morgan fingerprint density at radius 2 is 1.59 bits per heavy atom. The van der Waals surface area contributed by atoms with Gasteiger partial charge >= 0.3 is 10.1 Å². The Hall–Kier alpha value is -3.92. The molecule has 0 saturated carbocycles. The summed E-state index contributed by atoms with van der Waals surface area (Å²) < 4.78 is 43.5.